The van der Waals surface area contributed by atoms with E-state index in [2.05, 4.69) is 0 Å². The van der Waals surface area contributed by atoms with Gasteiger partial charge in [-0.15, -0.1) is 0 Å². The molecule has 1 atom stereocenters. The Morgan fingerprint density at radius 1 is 1.47 bits per heavy atom. The van der Waals surface area contributed by atoms with Crippen molar-refractivity contribution < 1.29 is 18.7 Å². The maximum atomic E-state index is 13.4. The van der Waals surface area contributed by atoms with Crippen LogP contribution < -0.4 is 0 Å². The Kier molecular flexibility index (Phi) is 3.86. The Morgan fingerprint density at radius 2 is 2.06 bits per heavy atom. The monoisotopic (exact) mass is 242 g/mol. The first kappa shape index (κ1) is 13.6. The molecule has 0 saturated heterocycles. The molecule has 0 saturated carbocycles. The minimum atomic E-state index is -2.95. The molecule has 0 aliphatic rings. The first-order valence-electron chi connectivity index (χ1n) is 5.42. The molecule has 0 radical (unpaired) electrons. The second kappa shape index (κ2) is 4.82. The minimum Gasteiger partial charge on any atom is -0.481 e. The van der Waals surface area contributed by atoms with E-state index in [1.54, 1.807) is 26.0 Å². The number of carbonyl (C=O) groups is 1. The number of rotatable bonds is 4. The lowest BCUT2D eigenvalue weighted by molar-refractivity contribution is -0.137. The van der Waals surface area contributed by atoms with Crippen molar-refractivity contribution >= 4 is 5.97 Å². The molecule has 0 aliphatic heterocycles. The number of halogens is 2. The molecule has 0 aliphatic carbocycles. The summed E-state index contributed by atoms with van der Waals surface area (Å²) in [7, 11) is 0. The molecule has 0 heterocycles. The second-order valence-corrected chi connectivity index (χ2v) is 4.48. The van der Waals surface area contributed by atoms with E-state index in [9.17, 15) is 13.6 Å². The number of carboxylic acids is 1. The van der Waals surface area contributed by atoms with Crippen LogP contribution in [0.5, 0.6) is 0 Å². The van der Waals surface area contributed by atoms with Crippen LogP contribution in [0.25, 0.3) is 0 Å². The molecule has 1 aromatic carbocycles. The molecule has 1 N–H and O–H groups in total. The zero-order valence-corrected chi connectivity index (χ0v) is 10.1. The highest BCUT2D eigenvalue weighted by Crippen LogP contribution is 2.35. The van der Waals surface area contributed by atoms with E-state index in [0.29, 0.717) is 5.56 Å². The highest BCUT2D eigenvalue weighted by atomic mass is 19.3. The smallest absolute Gasteiger partial charge is 0.303 e. The SMILES string of the molecule is Cc1ccc(C(C)(F)F)c(C(C)CC(=O)O)c1. The molecule has 0 amide bonds. The second-order valence-electron chi connectivity index (χ2n) is 4.48. The summed E-state index contributed by atoms with van der Waals surface area (Å²) in [4.78, 5) is 10.6. The van der Waals surface area contributed by atoms with Crippen LogP contribution in [0.15, 0.2) is 18.2 Å². The van der Waals surface area contributed by atoms with E-state index in [1.165, 1.54) is 6.07 Å². The Hall–Kier alpha value is -1.45. The van der Waals surface area contributed by atoms with Crippen LogP contribution in [0.3, 0.4) is 0 Å². The average Bonchev–Trinajstić information content (AvgIpc) is 2.14. The number of hydrogen-bond acceptors (Lipinski definition) is 1. The Morgan fingerprint density at radius 3 is 2.53 bits per heavy atom. The van der Waals surface area contributed by atoms with Crippen molar-refractivity contribution in [3.8, 4) is 0 Å². The van der Waals surface area contributed by atoms with Crippen LogP contribution in [-0.2, 0) is 10.7 Å². The lowest BCUT2D eigenvalue weighted by Crippen LogP contribution is -2.14. The van der Waals surface area contributed by atoms with Crippen LogP contribution in [0.1, 0.15) is 42.9 Å². The quantitative estimate of drug-likeness (QED) is 0.874. The lowest BCUT2D eigenvalue weighted by Gasteiger charge is -2.20. The highest BCUT2D eigenvalue weighted by molar-refractivity contribution is 5.68. The maximum absolute atomic E-state index is 13.4. The van der Waals surface area contributed by atoms with Crippen LogP contribution >= 0.6 is 0 Å². The number of aliphatic carboxylic acids is 1. The number of benzene rings is 1. The van der Waals surface area contributed by atoms with Crippen LogP contribution in [0, 0.1) is 6.92 Å². The van der Waals surface area contributed by atoms with E-state index < -0.39 is 17.8 Å². The van der Waals surface area contributed by atoms with E-state index in [1.807, 2.05) is 0 Å². The summed E-state index contributed by atoms with van der Waals surface area (Å²) in [6.45, 7) is 4.28. The minimum absolute atomic E-state index is 0.0862. The summed E-state index contributed by atoms with van der Waals surface area (Å²) in [5, 5.41) is 8.72. The van der Waals surface area contributed by atoms with E-state index in [4.69, 9.17) is 5.11 Å². The zero-order valence-electron chi connectivity index (χ0n) is 10.1. The van der Waals surface area contributed by atoms with Gasteiger partial charge in [-0.3, -0.25) is 4.79 Å². The summed E-state index contributed by atoms with van der Waals surface area (Å²) in [6.07, 6.45) is -0.146. The normalized spacial score (nSPS) is 13.5. The molecule has 0 bridgehead atoms. The van der Waals surface area contributed by atoms with Gasteiger partial charge < -0.3 is 5.11 Å². The van der Waals surface area contributed by atoms with E-state index >= 15 is 0 Å². The third kappa shape index (κ3) is 3.51. The number of carboxylic acid groups (broad SMARTS) is 1. The maximum Gasteiger partial charge on any atom is 0.303 e. The highest BCUT2D eigenvalue weighted by Gasteiger charge is 2.29. The molecule has 0 spiro atoms. The van der Waals surface area contributed by atoms with Gasteiger partial charge in [-0.05, 0) is 18.4 Å². The van der Waals surface area contributed by atoms with Crippen molar-refractivity contribution in [2.75, 3.05) is 0 Å². The number of alkyl halides is 2. The Balaban J connectivity index is 3.20. The van der Waals surface area contributed by atoms with Crippen molar-refractivity contribution in [1.82, 2.24) is 0 Å². The molecule has 0 aromatic heterocycles. The molecule has 2 nitrogen and oxygen atoms in total. The van der Waals surface area contributed by atoms with Crippen molar-refractivity contribution in [2.24, 2.45) is 0 Å². The molecule has 94 valence electrons. The summed E-state index contributed by atoms with van der Waals surface area (Å²) in [6, 6.07) is 4.63. The molecular formula is C13H16F2O2. The topological polar surface area (TPSA) is 37.3 Å². The largest absolute Gasteiger partial charge is 0.481 e. The van der Waals surface area contributed by atoms with Gasteiger partial charge in [-0.1, -0.05) is 30.7 Å². The third-order valence-electron chi connectivity index (χ3n) is 2.69. The van der Waals surface area contributed by atoms with E-state index in [-0.39, 0.29) is 12.0 Å². The molecule has 17 heavy (non-hydrogen) atoms. The number of aryl methyl sites for hydroxylation is 1. The van der Waals surface area contributed by atoms with Crippen molar-refractivity contribution in [3.05, 3.63) is 34.9 Å². The molecule has 4 heteroatoms. The summed E-state index contributed by atoms with van der Waals surface area (Å²) >= 11 is 0. The van der Waals surface area contributed by atoms with Crippen LogP contribution in [0.4, 0.5) is 8.78 Å². The lowest BCUT2D eigenvalue weighted by atomic mass is 9.89. The van der Waals surface area contributed by atoms with Gasteiger partial charge in [-0.25, -0.2) is 8.78 Å². The molecule has 0 fully saturated rings. The Bertz CT molecular complexity index is 422. The zero-order chi connectivity index (χ0) is 13.2. The van der Waals surface area contributed by atoms with Gasteiger partial charge in [0.05, 0.1) is 6.42 Å². The summed E-state index contributed by atoms with van der Waals surface area (Å²) in [5.74, 6) is -4.35. The van der Waals surface area contributed by atoms with Gasteiger partial charge in [0.2, 0.25) is 0 Å². The van der Waals surface area contributed by atoms with Gasteiger partial charge in [0.1, 0.15) is 0 Å². The van der Waals surface area contributed by atoms with Gasteiger partial charge in [-0.2, -0.15) is 0 Å². The Labute approximate surface area is 99.3 Å². The van der Waals surface area contributed by atoms with E-state index in [0.717, 1.165) is 12.5 Å². The van der Waals surface area contributed by atoms with Gasteiger partial charge in [0.15, 0.2) is 0 Å². The van der Waals surface area contributed by atoms with Crippen LogP contribution in [-0.4, -0.2) is 11.1 Å². The van der Waals surface area contributed by atoms with Crippen molar-refractivity contribution in [3.63, 3.8) is 0 Å². The molecular weight excluding hydrogens is 226 g/mol. The fraction of sp³-hybridized carbons (Fsp3) is 0.462. The van der Waals surface area contributed by atoms with Crippen LogP contribution in [0.2, 0.25) is 0 Å². The molecule has 1 rings (SSSR count). The fourth-order valence-electron chi connectivity index (χ4n) is 1.86. The van der Waals surface area contributed by atoms with Crippen molar-refractivity contribution in [1.29, 1.82) is 0 Å². The first-order chi connectivity index (χ1) is 7.71. The standard InChI is InChI=1S/C13H16F2O2/c1-8-4-5-11(13(3,14)15)10(6-8)9(2)7-12(16)17/h4-6,9H,7H2,1-3H3,(H,16,17). The number of hydrogen-bond donors (Lipinski definition) is 1. The summed E-state index contributed by atoms with van der Waals surface area (Å²) in [5.41, 5.74) is 1.18. The van der Waals surface area contributed by atoms with Gasteiger partial charge in [0, 0.05) is 12.5 Å². The first-order valence-corrected chi connectivity index (χ1v) is 5.42. The molecule has 1 unspecified atom stereocenters. The summed E-state index contributed by atoms with van der Waals surface area (Å²) < 4.78 is 26.8. The van der Waals surface area contributed by atoms with Gasteiger partial charge >= 0.3 is 5.97 Å². The predicted molar refractivity (Wildman–Crippen MR) is 61.4 cm³/mol. The average molecular weight is 242 g/mol. The third-order valence-corrected chi connectivity index (χ3v) is 2.69. The fourth-order valence-corrected chi connectivity index (χ4v) is 1.86. The molecule has 1 aromatic rings. The predicted octanol–water partition coefficient (Wildman–Crippen LogP) is 3.68. The van der Waals surface area contributed by atoms with Gasteiger partial charge in [0.25, 0.3) is 5.92 Å². The van der Waals surface area contributed by atoms with Crippen molar-refractivity contribution in [2.45, 2.75) is 39.0 Å².